The van der Waals surface area contributed by atoms with E-state index >= 15 is 0 Å². The minimum atomic E-state index is -0.843. The van der Waals surface area contributed by atoms with E-state index in [0.717, 1.165) is 6.42 Å². The van der Waals surface area contributed by atoms with Crippen molar-refractivity contribution in [1.82, 2.24) is 20.1 Å². The van der Waals surface area contributed by atoms with E-state index in [4.69, 9.17) is 0 Å². The van der Waals surface area contributed by atoms with E-state index in [0.29, 0.717) is 56.7 Å². The molecule has 0 saturated carbocycles. The number of hydrogen-bond acceptors (Lipinski definition) is 4. The summed E-state index contributed by atoms with van der Waals surface area (Å²) in [5.41, 5.74) is -0.0161. The van der Waals surface area contributed by atoms with Gasteiger partial charge in [0, 0.05) is 50.4 Å². The molecule has 3 amide bonds. The van der Waals surface area contributed by atoms with E-state index < -0.39 is 10.8 Å². The summed E-state index contributed by atoms with van der Waals surface area (Å²) in [5, 5.41) is 2.80. The lowest BCUT2D eigenvalue weighted by Crippen LogP contribution is -2.59. The average Bonchev–Trinajstić information content (AvgIpc) is 2.88. The second-order valence-electron chi connectivity index (χ2n) is 9.43. The van der Waals surface area contributed by atoms with Crippen molar-refractivity contribution in [2.75, 3.05) is 33.2 Å². The molecule has 7 nitrogen and oxygen atoms in total. The minimum Gasteiger partial charge on any atom is -0.358 e. The van der Waals surface area contributed by atoms with Crippen LogP contribution in [-0.2, 0) is 15.0 Å². The highest BCUT2D eigenvalue weighted by atomic mass is 16.2. The molecule has 33 heavy (non-hydrogen) atoms. The Balaban J connectivity index is 1.48. The number of carbonyl (C=O) groups is 3. The number of amides is 3. The fraction of sp³-hybridized carbons (Fsp3) is 0.462. The van der Waals surface area contributed by atoms with E-state index in [9.17, 15) is 14.4 Å². The van der Waals surface area contributed by atoms with Gasteiger partial charge < -0.3 is 15.1 Å². The molecule has 1 aromatic heterocycles. The maximum absolute atomic E-state index is 13.7. The summed E-state index contributed by atoms with van der Waals surface area (Å²) in [7, 11) is 1.63. The topological polar surface area (TPSA) is 82.6 Å². The van der Waals surface area contributed by atoms with Gasteiger partial charge in [-0.3, -0.25) is 19.4 Å². The molecule has 0 spiro atoms. The second-order valence-corrected chi connectivity index (χ2v) is 9.43. The molecule has 0 aliphatic carbocycles. The van der Waals surface area contributed by atoms with E-state index in [1.807, 2.05) is 65.3 Å². The second kappa shape index (κ2) is 9.33. The molecule has 2 saturated heterocycles. The number of rotatable bonds is 4. The van der Waals surface area contributed by atoms with Crippen LogP contribution in [0.5, 0.6) is 0 Å². The quantitative estimate of drug-likeness (QED) is 0.780. The molecule has 3 heterocycles. The molecule has 7 heteroatoms. The van der Waals surface area contributed by atoms with Gasteiger partial charge >= 0.3 is 0 Å². The summed E-state index contributed by atoms with van der Waals surface area (Å²) in [6, 6.07) is 14.9. The summed E-state index contributed by atoms with van der Waals surface area (Å²) < 4.78 is 0. The van der Waals surface area contributed by atoms with Gasteiger partial charge in [0.05, 0.1) is 5.69 Å². The lowest BCUT2D eigenvalue weighted by atomic mass is 9.73. The van der Waals surface area contributed by atoms with Crippen molar-refractivity contribution in [2.45, 2.75) is 38.0 Å². The van der Waals surface area contributed by atoms with Gasteiger partial charge in [-0.25, -0.2) is 0 Å². The number of benzene rings is 1. The molecule has 2 fully saturated rings. The Morgan fingerprint density at radius 2 is 1.61 bits per heavy atom. The Hall–Kier alpha value is -3.22. The maximum atomic E-state index is 13.7. The zero-order chi connectivity index (χ0) is 23.5. The first kappa shape index (κ1) is 23.0. The fourth-order valence-electron chi connectivity index (χ4n) is 5.19. The Bertz CT molecular complexity index is 1000. The molecule has 0 unspecified atom stereocenters. The summed E-state index contributed by atoms with van der Waals surface area (Å²) in [5.74, 6) is -0.0257. The minimum absolute atomic E-state index is 0.0110. The van der Waals surface area contributed by atoms with Gasteiger partial charge in [-0.1, -0.05) is 31.2 Å². The largest absolute Gasteiger partial charge is 0.358 e. The lowest BCUT2D eigenvalue weighted by molar-refractivity contribution is -0.147. The van der Waals surface area contributed by atoms with Crippen molar-refractivity contribution < 1.29 is 14.4 Å². The van der Waals surface area contributed by atoms with Crippen LogP contribution in [0.25, 0.3) is 0 Å². The van der Waals surface area contributed by atoms with Crippen LogP contribution < -0.4 is 5.32 Å². The monoisotopic (exact) mass is 448 g/mol. The Labute approximate surface area is 195 Å². The Morgan fingerprint density at radius 1 is 0.909 bits per heavy atom. The van der Waals surface area contributed by atoms with Gasteiger partial charge in [0.2, 0.25) is 11.8 Å². The van der Waals surface area contributed by atoms with Gasteiger partial charge in [-0.05, 0) is 49.9 Å². The highest BCUT2D eigenvalue weighted by molar-refractivity contribution is 5.94. The first-order valence-corrected chi connectivity index (χ1v) is 11.7. The third-order valence-corrected chi connectivity index (χ3v) is 7.29. The number of pyridine rings is 1. The van der Waals surface area contributed by atoms with Crippen molar-refractivity contribution in [3.05, 3.63) is 66.0 Å². The predicted octanol–water partition coefficient (Wildman–Crippen LogP) is 2.63. The van der Waals surface area contributed by atoms with Crippen LogP contribution in [-0.4, -0.2) is 65.7 Å². The summed E-state index contributed by atoms with van der Waals surface area (Å²) in [6.07, 6.45) is 4.31. The zero-order valence-corrected chi connectivity index (χ0v) is 19.4. The fourth-order valence-corrected chi connectivity index (χ4v) is 5.19. The average molecular weight is 449 g/mol. The third kappa shape index (κ3) is 4.36. The number of likely N-dealkylation sites (tertiary alicyclic amines) is 2. The Morgan fingerprint density at radius 3 is 2.24 bits per heavy atom. The SMILES string of the molecule is CNC(=O)[C@@]1(c2ccccn2)CCCN(C(=O)C2(C)CCN(C(=O)c3ccccc3)CC2)C1. The smallest absolute Gasteiger partial charge is 0.253 e. The predicted molar refractivity (Wildman–Crippen MR) is 125 cm³/mol. The first-order chi connectivity index (χ1) is 15.9. The number of nitrogens with zero attached hydrogens (tertiary/aromatic N) is 3. The van der Waals surface area contributed by atoms with Crippen molar-refractivity contribution in [3.8, 4) is 0 Å². The lowest BCUT2D eigenvalue weighted by Gasteiger charge is -2.46. The number of piperidine rings is 2. The van der Waals surface area contributed by atoms with Crippen molar-refractivity contribution in [3.63, 3.8) is 0 Å². The molecule has 1 aromatic carbocycles. The third-order valence-electron chi connectivity index (χ3n) is 7.29. The molecule has 0 radical (unpaired) electrons. The van der Waals surface area contributed by atoms with Gasteiger partial charge in [0.25, 0.3) is 5.91 Å². The molecular weight excluding hydrogens is 416 g/mol. The highest BCUT2D eigenvalue weighted by Gasteiger charge is 2.48. The summed E-state index contributed by atoms with van der Waals surface area (Å²) in [6.45, 7) is 4.04. The first-order valence-electron chi connectivity index (χ1n) is 11.7. The molecule has 1 atom stereocenters. The molecule has 2 aromatic rings. The molecule has 4 rings (SSSR count). The highest BCUT2D eigenvalue weighted by Crippen LogP contribution is 2.38. The molecule has 1 N–H and O–H groups in total. The normalized spacial score (nSPS) is 22.5. The van der Waals surface area contributed by atoms with E-state index in [1.54, 1.807) is 13.2 Å². The van der Waals surface area contributed by atoms with Gasteiger partial charge in [-0.15, -0.1) is 0 Å². The number of nitrogens with one attached hydrogen (secondary N) is 1. The van der Waals surface area contributed by atoms with Crippen LogP contribution in [0, 0.1) is 5.41 Å². The van der Waals surface area contributed by atoms with E-state index in [1.165, 1.54) is 0 Å². The van der Waals surface area contributed by atoms with Gasteiger partial charge in [0.15, 0.2) is 0 Å². The number of aromatic nitrogens is 1. The van der Waals surface area contributed by atoms with Crippen LogP contribution in [0.3, 0.4) is 0 Å². The zero-order valence-electron chi connectivity index (χ0n) is 19.4. The van der Waals surface area contributed by atoms with Gasteiger partial charge in [-0.2, -0.15) is 0 Å². The van der Waals surface area contributed by atoms with Crippen LogP contribution in [0.15, 0.2) is 54.7 Å². The number of carbonyl (C=O) groups excluding carboxylic acids is 3. The van der Waals surface area contributed by atoms with Crippen LogP contribution in [0.2, 0.25) is 0 Å². The summed E-state index contributed by atoms with van der Waals surface area (Å²) >= 11 is 0. The molecule has 0 bridgehead atoms. The summed E-state index contributed by atoms with van der Waals surface area (Å²) in [4.78, 5) is 47.7. The van der Waals surface area contributed by atoms with Crippen molar-refractivity contribution >= 4 is 17.7 Å². The Kier molecular flexibility index (Phi) is 6.49. The molecular formula is C26H32N4O3. The standard InChI is InChI=1S/C26H32N4O3/c1-25(13-17-29(18-14-25)22(31)20-9-4-3-5-10-20)24(33)30-16-8-12-26(19-30,23(32)27-2)21-11-6-7-15-28-21/h3-7,9-11,15H,8,12-14,16-19H2,1-2H3,(H,27,32)/t26-/m0/s1. The van der Waals surface area contributed by atoms with E-state index in [-0.39, 0.29) is 17.7 Å². The molecule has 2 aliphatic heterocycles. The number of hydrogen-bond donors (Lipinski definition) is 1. The maximum Gasteiger partial charge on any atom is 0.253 e. The van der Waals surface area contributed by atoms with E-state index in [2.05, 4.69) is 10.3 Å². The molecule has 174 valence electrons. The van der Waals surface area contributed by atoms with Crippen LogP contribution in [0.4, 0.5) is 0 Å². The van der Waals surface area contributed by atoms with Crippen molar-refractivity contribution in [2.24, 2.45) is 5.41 Å². The van der Waals surface area contributed by atoms with Gasteiger partial charge in [0.1, 0.15) is 5.41 Å². The number of likely N-dealkylation sites (N-methyl/N-ethyl adjacent to an activating group) is 1. The van der Waals surface area contributed by atoms with Crippen LogP contribution in [0.1, 0.15) is 48.7 Å². The molecule has 2 aliphatic rings. The van der Waals surface area contributed by atoms with Crippen molar-refractivity contribution in [1.29, 1.82) is 0 Å². The van der Waals surface area contributed by atoms with Crippen LogP contribution >= 0.6 is 0 Å².